The van der Waals surface area contributed by atoms with Crippen LogP contribution in [0.5, 0.6) is 0 Å². The molecule has 0 spiro atoms. The Kier molecular flexibility index (Phi) is 3.56. The second-order valence-electron chi connectivity index (χ2n) is 5.91. The van der Waals surface area contributed by atoms with E-state index in [1.165, 1.54) is 24.0 Å². The lowest BCUT2D eigenvalue weighted by Gasteiger charge is -2.30. The van der Waals surface area contributed by atoms with Gasteiger partial charge in [0.15, 0.2) is 0 Å². The van der Waals surface area contributed by atoms with Crippen LogP contribution >= 0.6 is 0 Å². The Bertz CT molecular complexity index is 464. The first-order valence-electron chi connectivity index (χ1n) is 7.37. The topological polar surface area (TPSA) is 55.1 Å². The zero-order chi connectivity index (χ0) is 13.2. The zero-order valence-corrected chi connectivity index (χ0v) is 11.3. The molecule has 0 bridgehead atoms. The van der Waals surface area contributed by atoms with E-state index in [-0.39, 0.29) is 11.8 Å². The summed E-state index contributed by atoms with van der Waals surface area (Å²) < 4.78 is 0. The van der Waals surface area contributed by atoms with Crippen molar-refractivity contribution in [2.24, 2.45) is 11.7 Å². The Morgan fingerprint density at radius 3 is 2.58 bits per heavy atom. The molecule has 102 valence electrons. The van der Waals surface area contributed by atoms with Gasteiger partial charge < -0.3 is 11.1 Å². The van der Waals surface area contributed by atoms with Gasteiger partial charge in [-0.25, -0.2) is 0 Å². The number of hydrogen-bond acceptors (Lipinski definition) is 2. The number of hydrogen-bond donors (Lipinski definition) is 2. The Labute approximate surface area is 114 Å². The summed E-state index contributed by atoms with van der Waals surface area (Å²) in [5, 5.41) is 3.78. The molecule has 3 rings (SSSR count). The van der Waals surface area contributed by atoms with E-state index in [4.69, 9.17) is 5.73 Å². The highest BCUT2D eigenvalue weighted by atomic mass is 16.1. The van der Waals surface area contributed by atoms with Crippen LogP contribution in [0.4, 0.5) is 0 Å². The van der Waals surface area contributed by atoms with Crippen LogP contribution in [0.1, 0.15) is 49.3 Å². The minimum absolute atomic E-state index is 0.105. The molecule has 0 radical (unpaired) electrons. The summed E-state index contributed by atoms with van der Waals surface area (Å²) in [5.74, 6) is -0.0152. The van der Waals surface area contributed by atoms with E-state index in [1.807, 2.05) is 0 Å². The number of nitrogens with two attached hydrogens (primary N) is 1. The smallest absolute Gasteiger partial charge is 0.220 e. The van der Waals surface area contributed by atoms with Crippen LogP contribution in [-0.2, 0) is 11.2 Å². The number of fused-ring (bicyclic) bond motifs is 1. The van der Waals surface area contributed by atoms with Crippen LogP contribution in [0, 0.1) is 5.92 Å². The summed E-state index contributed by atoms with van der Waals surface area (Å²) in [4.78, 5) is 11.2. The summed E-state index contributed by atoms with van der Waals surface area (Å²) in [6.45, 7) is 0. The summed E-state index contributed by atoms with van der Waals surface area (Å²) in [5.41, 5.74) is 8.34. The Morgan fingerprint density at radius 1 is 1.11 bits per heavy atom. The lowest BCUT2D eigenvalue weighted by Crippen LogP contribution is -2.38. The van der Waals surface area contributed by atoms with Gasteiger partial charge in [0.1, 0.15) is 0 Å². The third-order valence-corrected chi connectivity index (χ3v) is 4.70. The predicted octanol–water partition coefficient (Wildman–Crippen LogP) is 2.31. The number of primary amides is 1. The van der Waals surface area contributed by atoms with Gasteiger partial charge in [0.2, 0.25) is 5.91 Å². The van der Waals surface area contributed by atoms with Gasteiger partial charge in [-0.2, -0.15) is 0 Å². The first-order chi connectivity index (χ1) is 9.24. The number of aryl methyl sites for hydroxylation is 1. The van der Waals surface area contributed by atoms with Gasteiger partial charge in [0.25, 0.3) is 0 Å². The van der Waals surface area contributed by atoms with Gasteiger partial charge in [-0.3, -0.25) is 4.79 Å². The number of rotatable bonds is 3. The fourth-order valence-corrected chi connectivity index (χ4v) is 3.56. The van der Waals surface area contributed by atoms with E-state index in [1.54, 1.807) is 0 Å². The monoisotopic (exact) mass is 258 g/mol. The van der Waals surface area contributed by atoms with Crippen LogP contribution in [0.2, 0.25) is 0 Å². The Morgan fingerprint density at radius 2 is 1.84 bits per heavy atom. The molecule has 0 saturated heterocycles. The average Bonchev–Trinajstić information content (AvgIpc) is 2.83. The zero-order valence-electron chi connectivity index (χ0n) is 11.3. The van der Waals surface area contributed by atoms with Crippen molar-refractivity contribution < 1.29 is 4.79 Å². The first-order valence-corrected chi connectivity index (χ1v) is 7.37. The second-order valence-corrected chi connectivity index (χ2v) is 5.91. The summed E-state index contributed by atoms with van der Waals surface area (Å²) in [6.07, 6.45) is 6.43. The lowest BCUT2D eigenvalue weighted by molar-refractivity contribution is -0.122. The van der Waals surface area contributed by atoms with E-state index in [2.05, 4.69) is 29.6 Å². The molecule has 0 aromatic heterocycles. The van der Waals surface area contributed by atoms with Gasteiger partial charge in [-0.1, -0.05) is 24.3 Å². The highest BCUT2D eigenvalue weighted by Gasteiger charge is 2.28. The molecular formula is C16H22N2O. The molecule has 19 heavy (non-hydrogen) atoms. The lowest BCUT2D eigenvalue weighted by atomic mass is 9.85. The largest absolute Gasteiger partial charge is 0.369 e. The van der Waals surface area contributed by atoms with Crippen molar-refractivity contribution in [3.05, 3.63) is 35.4 Å². The fraction of sp³-hybridized carbons (Fsp3) is 0.562. The standard InChI is InChI=1S/C16H22N2O/c17-16(19)12-5-8-13(9-6-12)18-15-10-7-11-3-1-2-4-14(11)15/h1-4,12-13,15,18H,5-10H2,(H2,17,19). The Hall–Kier alpha value is -1.35. The predicted molar refractivity (Wildman–Crippen MR) is 75.6 cm³/mol. The van der Waals surface area contributed by atoms with E-state index in [9.17, 15) is 4.79 Å². The highest BCUT2D eigenvalue weighted by Crippen LogP contribution is 2.33. The molecule has 1 fully saturated rings. The molecule has 0 heterocycles. The van der Waals surface area contributed by atoms with E-state index in [0.717, 1.165) is 25.7 Å². The van der Waals surface area contributed by atoms with Gasteiger partial charge in [0, 0.05) is 18.0 Å². The molecule has 1 unspecified atom stereocenters. The van der Waals surface area contributed by atoms with E-state index in [0.29, 0.717) is 12.1 Å². The third kappa shape index (κ3) is 2.66. The summed E-state index contributed by atoms with van der Waals surface area (Å²) in [6, 6.07) is 9.79. The van der Waals surface area contributed by atoms with E-state index >= 15 is 0 Å². The number of benzene rings is 1. The molecule has 1 amide bonds. The highest BCUT2D eigenvalue weighted by molar-refractivity contribution is 5.76. The molecule has 3 heteroatoms. The average molecular weight is 258 g/mol. The van der Waals surface area contributed by atoms with Crippen LogP contribution in [0.15, 0.2) is 24.3 Å². The third-order valence-electron chi connectivity index (χ3n) is 4.70. The number of nitrogens with one attached hydrogen (secondary N) is 1. The normalized spacial score (nSPS) is 30.0. The van der Waals surface area contributed by atoms with Crippen molar-refractivity contribution in [2.45, 2.75) is 50.6 Å². The maximum absolute atomic E-state index is 11.2. The van der Waals surface area contributed by atoms with E-state index < -0.39 is 0 Å². The molecule has 1 aromatic carbocycles. The van der Waals surface area contributed by atoms with Crippen LogP contribution in [-0.4, -0.2) is 11.9 Å². The molecule has 3 nitrogen and oxygen atoms in total. The molecule has 1 aromatic rings. The van der Waals surface area contributed by atoms with Crippen LogP contribution in [0.25, 0.3) is 0 Å². The molecular weight excluding hydrogens is 236 g/mol. The molecule has 0 aliphatic heterocycles. The van der Waals surface area contributed by atoms with Crippen molar-refractivity contribution >= 4 is 5.91 Å². The Balaban J connectivity index is 1.58. The second kappa shape index (κ2) is 5.33. The van der Waals surface area contributed by atoms with Crippen LogP contribution in [0.3, 0.4) is 0 Å². The molecule has 3 N–H and O–H groups in total. The van der Waals surface area contributed by atoms with Gasteiger partial charge in [0.05, 0.1) is 0 Å². The summed E-state index contributed by atoms with van der Waals surface area (Å²) in [7, 11) is 0. The van der Waals surface area contributed by atoms with Gasteiger partial charge in [-0.15, -0.1) is 0 Å². The maximum atomic E-state index is 11.2. The van der Waals surface area contributed by atoms with Crippen molar-refractivity contribution in [3.63, 3.8) is 0 Å². The SMILES string of the molecule is NC(=O)C1CCC(NC2CCc3ccccc32)CC1. The number of carbonyl (C=O) groups excluding carboxylic acids is 1. The van der Waals surface area contributed by atoms with Crippen LogP contribution < -0.4 is 11.1 Å². The van der Waals surface area contributed by atoms with Crippen molar-refractivity contribution in [3.8, 4) is 0 Å². The van der Waals surface area contributed by atoms with Crippen molar-refractivity contribution in [2.75, 3.05) is 0 Å². The van der Waals surface area contributed by atoms with Crippen molar-refractivity contribution in [1.29, 1.82) is 0 Å². The molecule has 2 aliphatic rings. The molecule has 1 atom stereocenters. The minimum Gasteiger partial charge on any atom is -0.369 e. The van der Waals surface area contributed by atoms with Gasteiger partial charge >= 0.3 is 0 Å². The first kappa shape index (κ1) is 12.7. The summed E-state index contributed by atoms with van der Waals surface area (Å²) >= 11 is 0. The number of amides is 1. The minimum atomic E-state index is -0.121. The fourth-order valence-electron chi connectivity index (χ4n) is 3.56. The quantitative estimate of drug-likeness (QED) is 0.874. The number of carbonyl (C=O) groups is 1. The maximum Gasteiger partial charge on any atom is 0.220 e. The molecule has 2 aliphatic carbocycles. The molecule has 1 saturated carbocycles. The van der Waals surface area contributed by atoms with Crippen molar-refractivity contribution in [1.82, 2.24) is 5.32 Å². The van der Waals surface area contributed by atoms with Gasteiger partial charge in [-0.05, 0) is 49.7 Å².